The highest BCUT2D eigenvalue weighted by molar-refractivity contribution is 6.23. The molecule has 4 aromatic carbocycles. The Morgan fingerprint density at radius 1 is 0.863 bits per heavy atom. The number of aryl methyl sites for hydroxylation is 1. The summed E-state index contributed by atoms with van der Waals surface area (Å²) in [4.78, 5) is 71.0. The Morgan fingerprint density at radius 2 is 1.59 bits per heavy atom. The third-order valence-electron chi connectivity index (χ3n) is 11.1. The second-order valence-electron chi connectivity index (χ2n) is 13.6. The Bertz CT molecular complexity index is 2190. The fourth-order valence-electron chi connectivity index (χ4n) is 8.89. The minimum atomic E-state index is -1.67. The van der Waals surface area contributed by atoms with Gasteiger partial charge in [-0.1, -0.05) is 77.9 Å². The van der Waals surface area contributed by atoms with E-state index in [-0.39, 0.29) is 29.7 Å². The Morgan fingerprint density at radius 3 is 2.31 bits per heavy atom. The van der Waals surface area contributed by atoms with Gasteiger partial charge in [-0.2, -0.15) is 5.01 Å². The van der Waals surface area contributed by atoms with Crippen LogP contribution in [-0.4, -0.2) is 44.8 Å². The fraction of sp³-hybridized carbons (Fsp3) is 0.225. The normalized spacial score (nSPS) is 26.8. The molecule has 256 valence electrons. The highest BCUT2D eigenvalue weighted by atomic mass is 19.1. The number of rotatable bonds is 6. The number of amides is 4. The highest BCUT2D eigenvalue weighted by Crippen LogP contribution is 2.65. The molecule has 0 unspecified atom stereocenters. The molecule has 4 aliphatic rings. The van der Waals surface area contributed by atoms with Gasteiger partial charge in [0.25, 0.3) is 11.8 Å². The summed E-state index contributed by atoms with van der Waals surface area (Å²) in [7, 11) is 0. The minimum Gasteiger partial charge on any atom is -0.505 e. The summed E-state index contributed by atoms with van der Waals surface area (Å²) < 4.78 is 15.3. The van der Waals surface area contributed by atoms with E-state index in [1.807, 2.05) is 19.1 Å². The van der Waals surface area contributed by atoms with Gasteiger partial charge in [0.15, 0.2) is 11.6 Å². The molecule has 2 saturated heterocycles. The van der Waals surface area contributed by atoms with Crippen molar-refractivity contribution in [1.29, 1.82) is 0 Å². The molecule has 8 rings (SSSR count). The molecule has 3 N–H and O–H groups in total. The number of aromatic carboxylic acids is 1. The lowest BCUT2D eigenvalue weighted by atomic mass is 9.49. The first-order chi connectivity index (χ1) is 24.5. The number of carboxylic acids is 1. The first kappa shape index (κ1) is 32.1. The number of fused-ring (bicyclic) bond motifs is 4. The van der Waals surface area contributed by atoms with Gasteiger partial charge in [0.1, 0.15) is 0 Å². The molecule has 2 aliphatic heterocycles. The number of aromatic hydroxyl groups is 1. The van der Waals surface area contributed by atoms with Crippen LogP contribution in [0.15, 0.2) is 109 Å². The van der Waals surface area contributed by atoms with E-state index in [2.05, 4.69) is 5.43 Å². The van der Waals surface area contributed by atoms with Crippen LogP contribution in [0.4, 0.5) is 15.8 Å². The van der Waals surface area contributed by atoms with Crippen molar-refractivity contribution in [3.8, 4) is 5.75 Å². The number of nitrogens with one attached hydrogen (secondary N) is 1. The van der Waals surface area contributed by atoms with E-state index in [4.69, 9.17) is 0 Å². The molecule has 0 aromatic heterocycles. The molecule has 10 nitrogen and oxygen atoms in total. The van der Waals surface area contributed by atoms with Crippen molar-refractivity contribution in [3.05, 3.63) is 137 Å². The Kier molecular flexibility index (Phi) is 7.41. The predicted octanol–water partition coefficient (Wildman–Crippen LogP) is 5.73. The number of hydrogen-bond acceptors (Lipinski definition) is 7. The van der Waals surface area contributed by atoms with Crippen LogP contribution in [0.3, 0.4) is 0 Å². The van der Waals surface area contributed by atoms with Crippen LogP contribution in [0.5, 0.6) is 5.75 Å². The van der Waals surface area contributed by atoms with E-state index in [1.54, 1.807) is 48.5 Å². The van der Waals surface area contributed by atoms with Crippen molar-refractivity contribution >= 4 is 41.0 Å². The zero-order chi connectivity index (χ0) is 35.8. The third kappa shape index (κ3) is 4.64. The van der Waals surface area contributed by atoms with Crippen LogP contribution in [-0.2, 0) is 24.6 Å². The number of para-hydroxylation sites is 1. The maximum atomic E-state index is 15.3. The smallest absolute Gasteiger partial charge is 0.335 e. The molecule has 11 heteroatoms. The SMILES string of the molecule is Cc1ccc(NN2C(=O)[C@@H]3C[C@@H]4C(=CC[C@@H]5C(=O)N(c6cccc(C(=O)O)c6)C(=O)[C@@H]54)[C@H](c4cccc(F)c4O)[C@]3(c3ccccc3)C2=O)cc1. The third-order valence-corrected chi connectivity index (χ3v) is 11.1. The van der Waals surface area contributed by atoms with Crippen molar-refractivity contribution in [2.75, 3.05) is 10.3 Å². The second kappa shape index (κ2) is 11.8. The summed E-state index contributed by atoms with van der Waals surface area (Å²) in [6.07, 6.45) is 1.91. The standard InChI is InChI=1S/C40H32FN3O7/c1-21-13-15-24(16-14-21)42-44-36(47)30-20-29-26(17-18-27-32(29)37(48)43(35(27)46)25-10-5-7-22(19-25)38(49)50)33(28-11-6-12-31(41)34(28)45)40(30,39(44)51)23-8-3-2-4-9-23/h2-17,19,27,29-30,32-33,42,45H,18,20H2,1H3,(H,49,50)/t27-,29+,30-,32-,33+,40+/m0/s1. The Balaban J connectivity index is 1.31. The van der Waals surface area contributed by atoms with Gasteiger partial charge in [-0.3, -0.25) is 29.5 Å². The molecular formula is C40H32FN3O7. The average molecular weight is 686 g/mol. The van der Waals surface area contributed by atoms with Crippen LogP contribution in [0.1, 0.15) is 45.8 Å². The molecule has 0 radical (unpaired) electrons. The van der Waals surface area contributed by atoms with Crippen LogP contribution in [0.2, 0.25) is 0 Å². The molecule has 2 aliphatic carbocycles. The van der Waals surface area contributed by atoms with Gasteiger partial charge in [0, 0.05) is 11.5 Å². The van der Waals surface area contributed by atoms with Crippen molar-refractivity contribution in [2.24, 2.45) is 23.7 Å². The number of hydrazine groups is 1. The first-order valence-corrected chi connectivity index (χ1v) is 16.7. The lowest BCUT2D eigenvalue weighted by Gasteiger charge is -2.50. The molecule has 1 saturated carbocycles. The zero-order valence-electron chi connectivity index (χ0n) is 27.3. The molecule has 51 heavy (non-hydrogen) atoms. The number of hydrogen-bond donors (Lipinski definition) is 3. The number of nitrogens with zero attached hydrogens (tertiary/aromatic N) is 2. The number of anilines is 2. The van der Waals surface area contributed by atoms with E-state index in [9.17, 15) is 29.4 Å². The molecule has 2 heterocycles. The Labute approximate surface area is 291 Å². The molecule has 0 spiro atoms. The van der Waals surface area contributed by atoms with Crippen LogP contribution in [0, 0.1) is 36.4 Å². The summed E-state index contributed by atoms with van der Waals surface area (Å²) >= 11 is 0. The fourth-order valence-corrected chi connectivity index (χ4v) is 8.89. The maximum Gasteiger partial charge on any atom is 0.335 e. The van der Waals surface area contributed by atoms with Gasteiger partial charge >= 0.3 is 5.97 Å². The van der Waals surface area contributed by atoms with E-state index in [1.165, 1.54) is 36.4 Å². The number of halogens is 1. The quantitative estimate of drug-likeness (QED) is 0.173. The number of carbonyl (C=O) groups excluding carboxylic acids is 4. The van der Waals surface area contributed by atoms with Gasteiger partial charge in [0.05, 0.1) is 40.1 Å². The van der Waals surface area contributed by atoms with Gasteiger partial charge in [0.2, 0.25) is 11.8 Å². The Hall–Kier alpha value is -6.10. The average Bonchev–Trinajstić information content (AvgIpc) is 3.51. The number of imide groups is 2. The number of carboxylic acid groups (broad SMARTS) is 1. The number of benzene rings is 4. The minimum absolute atomic E-state index is 0.00709. The maximum absolute atomic E-state index is 15.3. The van der Waals surface area contributed by atoms with Crippen LogP contribution < -0.4 is 10.3 Å². The first-order valence-electron chi connectivity index (χ1n) is 16.7. The van der Waals surface area contributed by atoms with E-state index < -0.39 is 76.2 Å². The van der Waals surface area contributed by atoms with Crippen LogP contribution >= 0.6 is 0 Å². The summed E-state index contributed by atoms with van der Waals surface area (Å²) in [5.74, 6) is -9.73. The van der Waals surface area contributed by atoms with Crippen molar-refractivity contribution in [3.63, 3.8) is 0 Å². The van der Waals surface area contributed by atoms with Gasteiger partial charge in [-0.15, -0.1) is 0 Å². The predicted molar refractivity (Wildman–Crippen MR) is 183 cm³/mol. The van der Waals surface area contributed by atoms with Crippen molar-refractivity contribution < 1.29 is 38.6 Å². The van der Waals surface area contributed by atoms with E-state index in [0.29, 0.717) is 16.8 Å². The molecular weight excluding hydrogens is 653 g/mol. The lowest BCUT2D eigenvalue weighted by Crippen LogP contribution is -2.53. The lowest BCUT2D eigenvalue weighted by molar-refractivity contribution is -0.138. The number of allylic oxidation sites excluding steroid dienone is 2. The molecule has 4 amide bonds. The van der Waals surface area contributed by atoms with Gasteiger partial charge in [-0.05, 0) is 67.6 Å². The van der Waals surface area contributed by atoms with Gasteiger partial charge < -0.3 is 10.2 Å². The monoisotopic (exact) mass is 685 g/mol. The van der Waals surface area contributed by atoms with Crippen molar-refractivity contribution in [1.82, 2.24) is 5.01 Å². The summed E-state index contributed by atoms with van der Waals surface area (Å²) in [6, 6.07) is 25.6. The largest absolute Gasteiger partial charge is 0.505 e. The van der Waals surface area contributed by atoms with Crippen molar-refractivity contribution in [2.45, 2.75) is 31.1 Å². The molecule has 4 aromatic rings. The topological polar surface area (TPSA) is 144 Å². The zero-order valence-corrected chi connectivity index (χ0v) is 27.3. The second-order valence-corrected chi connectivity index (χ2v) is 13.6. The van der Waals surface area contributed by atoms with Gasteiger partial charge in [-0.25, -0.2) is 9.18 Å². The van der Waals surface area contributed by atoms with E-state index in [0.717, 1.165) is 21.5 Å². The molecule has 3 fully saturated rings. The summed E-state index contributed by atoms with van der Waals surface area (Å²) in [5.41, 5.74) is 3.94. The highest BCUT2D eigenvalue weighted by Gasteiger charge is 2.70. The summed E-state index contributed by atoms with van der Waals surface area (Å²) in [5, 5.41) is 21.9. The van der Waals surface area contributed by atoms with Crippen LogP contribution in [0.25, 0.3) is 0 Å². The molecule has 0 bridgehead atoms. The number of phenols is 1. The van der Waals surface area contributed by atoms with E-state index >= 15 is 9.18 Å². The molecule has 6 atom stereocenters. The summed E-state index contributed by atoms with van der Waals surface area (Å²) in [6.45, 7) is 1.91. The number of phenolic OH excluding ortho intramolecular Hbond substituents is 1. The number of carbonyl (C=O) groups is 5.